The van der Waals surface area contributed by atoms with Gasteiger partial charge >= 0.3 is 12.3 Å². The molecule has 0 saturated heterocycles. The van der Waals surface area contributed by atoms with Crippen molar-refractivity contribution in [3.8, 4) is 5.75 Å². The van der Waals surface area contributed by atoms with Gasteiger partial charge in [0.2, 0.25) is 0 Å². The quantitative estimate of drug-likeness (QED) is 0.503. The van der Waals surface area contributed by atoms with Gasteiger partial charge in [0.25, 0.3) is 11.7 Å². The zero-order valence-electron chi connectivity index (χ0n) is 14.5. The van der Waals surface area contributed by atoms with Gasteiger partial charge in [0, 0.05) is 12.6 Å². The molecule has 2 heterocycles. The summed E-state index contributed by atoms with van der Waals surface area (Å²) >= 11 is 0. The minimum atomic E-state index is -5.06. The standard InChI is InChI=1S/C16H11F4N5O4/c1-28-14(27)11-5-10(24-15-22-7-23-25(11)15)13(26)21-6-8-2-3-9(17)12(4-8)29-16(18,19)20/h2-5,7H,6H2,1H3,(H,21,26). The number of ether oxygens (including phenoxy) is 2. The minimum absolute atomic E-state index is 0.0410. The molecular weight excluding hydrogens is 402 g/mol. The fourth-order valence-electron chi connectivity index (χ4n) is 2.31. The second-order valence-corrected chi connectivity index (χ2v) is 5.49. The molecule has 0 aliphatic carbocycles. The molecule has 0 bridgehead atoms. The SMILES string of the molecule is COC(=O)c1cc(C(=O)NCc2ccc(F)c(OC(F)(F)F)c2)nc2ncnn12. The summed E-state index contributed by atoms with van der Waals surface area (Å²) in [5.74, 6) is -3.83. The molecule has 0 aliphatic heterocycles. The first-order valence-corrected chi connectivity index (χ1v) is 7.79. The largest absolute Gasteiger partial charge is 0.573 e. The van der Waals surface area contributed by atoms with Crippen molar-refractivity contribution < 1.29 is 36.6 Å². The van der Waals surface area contributed by atoms with E-state index in [9.17, 15) is 27.2 Å². The molecule has 152 valence electrons. The Kier molecular flexibility index (Phi) is 5.30. The van der Waals surface area contributed by atoms with Crippen LogP contribution in [0.15, 0.2) is 30.6 Å². The molecule has 1 N–H and O–H groups in total. The summed E-state index contributed by atoms with van der Waals surface area (Å²) in [7, 11) is 1.14. The first kappa shape index (κ1) is 20.0. The number of carbonyl (C=O) groups excluding carboxylic acids is 2. The maximum Gasteiger partial charge on any atom is 0.573 e. The number of halogens is 4. The zero-order valence-corrected chi connectivity index (χ0v) is 14.5. The van der Waals surface area contributed by atoms with Crippen LogP contribution in [0.1, 0.15) is 26.5 Å². The number of hydrogen-bond donors (Lipinski definition) is 1. The van der Waals surface area contributed by atoms with Crippen molar-refractivity contribution in [3.63, 3.8) is 0 Å². The van der Waals surface area contributed by atoms with Crippen molar-refractivity contribution in [3.05, 3.63) is 53.4 Å². The highest BCUT2D eigenvalue weighted by atomic mass is 19.4. The molecule has 0 fully saturated rings. The van der Waals surface area contributed by atoms with E-state index in [0.717, 1.165) is 36.2 Å². The molecule has 0 aliphatic rings. The number of hydrogen-bond acceptors (Lipinski definition) is 7. The van der Waals surface area contributed by atoms with E-state index in [2.05, 4.69) is 29.9 Å². The molecule has 3 aromatic rings. The Labute approximate surface area is 159 Å². The summed E-state index contributed by atoms with van der Waals surface area (Å²) in [6, 6.07) is 3.87. The fourth-order valence-corrected chi connectivity index (χ4v) is 2.31. The Balaban J connectivity index is 1.79. The van der Waals surface area contributed by atoms with Crippen LogP contribution in [-0.2, 0) is 11.3 Å². The van der Waals surface area contributed by atoms with Crippen LogP contribution in [0.2, 0.25) is 0 Å². The van der Waals surface area contributed by atoms with Crippen molar-refractivity contribution in [1.82, 2.24) is 24.9 Å². The van der Waals surface area contributed by atoms with Gasteiger partial charge in [-0.15, -0.1) is 13.2 Å². The lowest BCUT2D eigenvalue weighted by atomic mass is 10.2. The highest BCUT2D eigenvalue weighted by Crippen LogP contribution is 2.26. The molecule has 13 heteroatoms. The molecule has 1 amide bonds. The van der Waals surface area contributed by atoms with Crippen molar-refractivity contribution in [2.24, 2.45) is 0 Å². The number of benzene rings is 1. The highest BCUT2D eigenvalue weighted by molar-refractivity contribution is 5.96. The third kappa shape index (κ3) is 4.56. The number of nitrogens with one attached hydrogen (secondary N) is 1. The third-order valence-electron chi connectivity index (χ3n) is 3.55. The Morgan fingerprint density at radius 3 is 2.69 bits per heavy atom. The predicted octanol–water partition coefficient (Wildman–Crippen LogP) is 1.88. The van der Waals surface area contributed by atoms with Gasteiger partial charge in [0.05, 0.1) is 7.11 Å². The van der Waals surface area contributed by atoms with Crippen molar-refractivity contribution >= 4 is 17.7 Å². The van der Waals surface area contributed by atoms with Gasteiger partial charge in [-0.3, -0.25) is 4.79 Å². The molecule has 3 rings (SSSR count). The number of esters is 1. The van der Waals surface area contributed by atoms with E-state index in [1.165, 1.54) is 6.07 Å². The Morgan fingerprint density at radius 1 is 1.24 bits per heavy atom. The highest BCUT2D eigenvalue weighted by Gasteiger charge is 2.32. The third-order valence-corrected chi connectivity index (χ3v) is 3.55. The minimum Gasteiger partial charge on any atom is -0.464 e. The Bertz CT molecular complexity index is 1080. The maximum atomic E-state index is 13.5. The zero-order chi connectivity index (χ0) is 21.2. The van der Waals surface area contributed by atoms with E-state index < -0.39 is 29.8 Å². The van der Waals surface area contributed by atoms with Crippen LogP contribution in [0, 0.1) is 5.82 Å². The number of methoxy groups -OCH3 is 1. The summed E-state index contributed by atoms with van der Waals surface area (Å²) in [6.45, 7) is -0.263. The molecule has 1 aromatic carbocycles. The van der Waals surface area contributed by atoms with Gasteiger partial charge in [0.15, 0.2) is 17.3 Å². The Morgan fingerprint density at radius 2 is 2.00 bits per heavy atom. The summed E-state index contributed by atoms with van der Waals surface area (Å²) in [5.41, 5.74) is -0.182. The van der Waals surface area contributed by atoms with Crippen LogP contribution >= 0.6 is 0 Å². The van der Waals surface area contributed by atoms with E-state index >= 15 is 0 Å². The van der Waals surface area contributed by atoms with E-state index in [1.807, 2.05) is 0 Å². The van der Waals surface area contributed by atoms with Crippen LogP contribution < -0.4 is 10.1 Å². The van der Waals surface area contributed by atoms with E-state index in [4.69, 9.17) is 0 Å². The van der Waals surface area contributed by atoms with Crippen LogP contribution in [0.5, 0.6) is 5.75 Å². The summed E-state index contributed by atoms with van der Waals surface area (Å²) in [6.07, 6.45) is -3.94. The molecule has 0 radical (unpaired) electrons. The lowest BCUT2D eigenvalue weighted by molar-refractivity contribution is -0.275. The second-order valence-electron chi connectivity index (χ2n) is 5.49. The smallest absolute Gasteiger partial charge is 0.464 e. The van der Waals surface area contributed by atoms with Crippen molar-refractivity contribution in [1.29, 1.82) is 0 Å². The van der Waals surface area contributed by atoms with Gasteiger partial charge in [-0.05, 0) is 17.7 Å². The molecular formula is C16H11F4N5O4. The topological polar surface area (TPSA) is 108 Å². The van der Waals surface area contributed by atoms with Gasteiger partial charge < -0.3 is 14.8 Å². The van der Waals surface area contributed by atoms with Gasteiger partial charge in [0.1, 0.15) is 12.0 Å². The van der Waals surface area contributed by atoms with Crippen LogP contribution in [-0.4, -0.2) is 44.9 Å². The van der Waals surface area contributed by atoms with Crippen LogP contribution in [0.3, 0.4) is 0 Å². The number of fused-ring (bicyclic) bond motifs is 1. The molecule has 0 atom stereocenters. The lowest BCUT2D eigenvalue weighted by Crippen LogP contribution is -2.25. The average molecular weight is 413 g/mol. The normalized spacial score (nSPS) is 11.3. The molecule has 2 aromatic heterocycles. The predicted molar refractivity (Wildman–Crippen MR) is 86.4 cm³/mol. The van der Waals surface area contributed by atoms with Gasteiger partial charge in [-0.2, -0.15) is 14.6 Å². The van der Waals surface area contributed by atoms with E-state index in [1.54, 1.807) is 0 Å². The molecule has 29 heavy (non-hydrogen) atoms. The number of aromatic nitrogens is 4. The number of amides is 1. The molecule has 0 saturated carbocycles. The molecule has 0 unspecified atom stereocenters. The maximum absolute atomic E-state index is 13.5. The van der Waals surface area contributed by atoms with Gasteiger partial charge in [-0.1, -0.05) is 6.07 Å². The first-order valence-electron chi connectivity index (χ1n) is 7.79. The van der Waals surface area contributed by atoms with Crippen molar-refractivity contribution in [2.45, 2.75) is 12.9 Å². The first-order chi connectivity index (χ1) is 13.7. The number of alkyl halides is 3. The number of nitrogens with zero attached hydrogens (tertiary/aromatic N) is 4. The van der Waals surface area contributed by atoms with Gasteiger partial charge in [-0.25, -0.2) is 14.2 Å². The average Bonchev–Trinajstić information content (AvgIpc) is 3.14. The van der Waals surface area contributed by atoms with Crippen LogP contribution in [0.4, 0.5) is 17.6 Å². The monoisotopic (exact) mass is 413 g/mol. The molecule has 9 nitrogen and oxygen atoms in total. The number of rotatable bonds is 5. The summed E-state index contributed by atoms with van der Waals surface area (Å²) in [5, 5.41) is 6.19. The summed E-state index contributed by atoms with van der Waals surface area (Å²) in [4.78, 5) is 32.0. The Hall–Kier alpha value is -3.77. The summed E-state index contributed by atoms with van der Waals surface area (Å²) < 4.78 is 59.6. The molecule has 0 spiro atoms. The van der Waals surface area contributed by atoms with E-state index in [0.29, 0.717) is 0 Å². The van der Waals surface area contributed by atoms with E-state index in [-0.39, 0.29) is 29.3 Å². The second kappa shape index (κ2) is 7.69. The number of carbonyl (C=O) groups is 2. The van der Waals surface area contributed by atoms with Crippen molar-refractivity contribution in [2.75, 3.05) is 7.11 Å². The fraction of sp³-hybridized carbons (Fsp3) is 0.188. The van der Waals surface area contributed by atoms with Crippen LogP contribution in [0.25, 0.3) is 5.78 Å². The lowest BCUT2D eigenvalue weighted by Gasteiger charge is -2.11.